The maximum atomic E-state index is 12.0. The van der Waals surface area contributed by atoms with Crippen LogP contribution in [0.5, 0.6) is 11.5 Å². The monoisotopic (exact) mass is 377 g/mol. The summed E-state index contributed by atoms with van der Waals surface area (Å²) in [5.41, 5.74) is 1.21. The Bertz CT molecular complexity index is 761. The van der Waals surface area contributed by atoms with Crippen LogP contribution >= 0.6 is 11.6 Å². The third-order valence-corrected chi connectivity index (χ3v) is 3.67. The van der Waals surface area contributed by atoms with Crippen molar-refractivity contribution in [2.24, 2.45) is 0 Å². The van der Waals surface area contributed by atoms with E-state index in [0.717, 1.165) is 5.56 Å². The molecule has 0 atom stereocenters. The number of carbonyl (C=O) groups is 2. The van der Waals surface area contributed by atoms with Gasteiger partial charge in [-0.2, -0.15) is 0 Å². The fourth-order valence-corrected chi connectivity index (χ4v) is 2.24. The van der Waals surface area contributed by atoms with Crippen molar-refractivity contribution in [1.82, 2.24) is 5.32 Å². The van der Waals surface area contributed by atoms with Crippen molar-refractivity contribution in [3.05, 3.63) is 58.6 Å². The minimum Gasteiger partial charge on any atom is -0.493 e. The SMILES string of the molecule is CCNC(=O)COC(=O)c1ccc(OCc2ccc(Cl)cc2)c(OC)c1. The van der Waals surface area contributed by atoms with Gasteiger partial charge in [-0.15, -0.1) is 0 Å². The molecular weight excluding hydrogens is 358 g/mol. The number of likely N-dealkylation sites (N-methyl/N-ethyl adjacent to an activating group) is 1. The smallest absolute Gasteiger partial charge is 0.338 e. The van der Waals surface area contributed by atoms with Gasteiger partial charge in [-0.3, -0.25) is 4.79 Å². The molecule has 0 fully saturated rings. The van der Waals surface area contributed by atoms with Gasteiger partial charge in [0.25, 0.3) is 5.91 Å². The number of hydrogen-bond acceptors (Lipinski definition) is 5. The molecule has 26 heavy (non-hydrogen) atoms. The summed E-state index contributed by atoms with van der Waals surface area (Å²) in [6.45, 7) is 2.26. The molecule has 0 bridgehead atoms. The van der Waals surface area contributed by atoms with Gasteiger partial charge >= 0.3 is 5.97 Å². The number of carbonyl (C=O) groups excluding carboxylic acids is 2. The second-order valence-electron chi connectivity index (χ2n) is 5.31. The summed E-state index contributed by atoms with van der Waals surface area (Å²) in [6.07, 6.45) is 0. The molecular formula is C19H20ClNO5. The molecule has 0 unspecified atom stereocenters. The van der Waals surface area contributed by atoms with Gasteiger partial charge in [0.1, 0.15) is 6.61 Å². The van der Waals surface area contributed by atoms with Gasteiger partial charge in [-0.05, 0) is 42.8 Å². The summed E-state index contributed by atoms with van der Waals surface area (Å²) < 4.78 is 16.0. The minimum absolute atomic E-state index is 0.269. The maximum Gasteiger partial charge on any atom is 0.338 e. The molecule has 2 rings (SSSR count). The zero-order valence-electron chi connectivity index (χ0n) is 14.6. The summed E-state index contributed by atoms with van der Waals surface area (Å²) >= 11 is 5.86. The predicted octanol–water partition coefficient (Wildman–Crippen LogP) is 3.22. The molecule has 138 valence electrons. The Morgan fingerprint density at radius 3 is 2.46 bits per heavy atom. The van der Waals surface area contributed by atoms with E-state index < -0.39 is 5.97 Å². The number of halogens is 1. The van der Waals surface area contributed by atoms with Gasteiger partial charge in [0, 0.05) is 11.6 Å². The van der Waals surface area contributed by atoms with Crippen molar-refractivity contribution in [2.75, 3.05) is 20.3 Å². The molecule has 0 spiro atoms. The molecule has 0 radical (unpaired) electrons. The van der Waals surface area contributed by atoms with E-state index in [9.17, 15) is 9.59 Å². The first-order valence-electron chi connectivity index (χ1n) is 8.02. The highest BCUT2D eigenvalue weighted by Crippen LogP contribution is 2.29. The van der Waals surface area contributed by atoms with Crippen molar-refractivity contribution in [1.29, 1.82) is 0 Å². The molecule has 0 aliphatic rings. The predicted molar refractivity (Wildman–Crippen MR) is 97.7 cm³/mol. The van der Waals surface area contributed by atoms with Crippen LogP contribution in [0.15, 0.2) is 42.5 Å². The van der Waals surface area contributed by atoms with E-state index in [-0.39, 0.29) is 18.1 Å². The molecule has 2 aromatic carbocycles. The van der Waals surface area contributed by atoms with E-state index in [1.807, 2.05) is 12.1 Å². The Balaban J connectivity index is 2.00. The molecule has 1 amide bonds. The van der Waals surface area contributed by atoms with E-state index in [1.54, 1.807) is 31.2 Å². The Morgan fingerprint density at radius 2 is 1.81 bits per heavy atom. The number of amides is 1. The van der Waals surface area contributed by atoms with Gasteiger partial charge in [0.15, 0.2) is 18.1 Å². The van der Waals surface area contributed by atoms with Crippen LogP contribution in [0, 0.1) is 0 Å². The summed E-state index contributed by atoms with van der Waals surface area (Å²) in [4.78, 5) is 23.4. The normalized spacial score (nSPS) is 10.1. The standard InChI is InChI=1S/C19H20ClNO5/c1-3-21-18(22)12-26-19(23)14-6-9-16(17(10-14)24-2)25-11-13-4-7-15(20)8-5-13/h4-10H,3,11-12H2,1-2H3,(H,21,22). The maximum absolute atomic E-state index is 12.0. The number of ether oxygens (including phenoxy) is 3. The largest absolute Gasteiger partial charge is 0.493 e. The second-order valence-corrected chi connectivity index (χ2v) is 5.75. The molecule has 0 aliphatic heterocycles. The lowest BCUT2D eigenvalue weighted by Crippen LogP contribution is -2.28. The highest BCUT2D eigenvalue weighted by molar-refractivity contribution is 6.30. The van der Waals surface area contributed by atoms with Crippen LogP contribution in [0.1, 0.15) is 22.8 Å². The average Bonchev–Trinajstić information content (AvgIpc) is 2.65. The van der Waals surface area contributed by atoms with E-state index in [1.165, 1.54) is 13.2 Å². The van der Waals surface area contributed by atoms with Crippen LogP contribution in [-0.4, -0.2) is 32.1 Å². The van der Waals surface area contributed by atoms with E-state index in [0.29, 0.717) is 29.7 Å². The number of nitrogens with one attached hydrogen (secondary N) is 1. The molecule has 0 aliphatic carbocycles. The third kappa shape index (κ3) is 5.67. The van der Waals surface area contributed by atoms with Crippen LogP contribution in [0.4, 0.5) is 0 Å². The molecule has 1 N–H and O–H groups in total. The van der Waals surface area contributed by atoms with Crippen molar-refractivity contribution in [3.8, 4) is 11.5 Å². The number of hydrogen-bond donors (Lipinski definition) is 1. The van der Waals surface area contributed by atoms with Crippen molar-refractivity contribution in [2.45, 2.75) is 13.5 Å². The third-order valence-electron chi connectivity index (χ3n) is 3.42. The summed E-state index contributed by atoms with van der Waals surface area (Å²) in [5.74, 6) is -0.0799. The average molecular weight is 378 g/mol. The number of esters is 1. The summed E-state index contributed by atoms with van der Waals surface area (Å²) in [6, 6.07) is 12.0. The van der Waals surface area contributed by atoms with Crippen LogP contribution in [0.3, 0.4) is 0 Å². The molecule has 6 nitrogen and oxygen atoms in total. The molecule has 0 saturated carbocycles. The molecule has 2 aromatic rings. The number of benzene rings is 2. The molecule has 7 heteroatoms. The summed E-state index contributed by atoms with van der Waals surface area (Å²) in [7, 11) is 1.48. The van der Waals surface area contributed by atoms with Gasteiger partial charge in [-0.25, -0.2) is 4.79 Å². The number of methoxy groups -OCH3 is 1. The lowest BCUT2D eigenvalue weighted by atomic mass is 10.2. The fourth-order valence-electron chi connectivity index (χ4n) is 2.12. The van der Waals surface area contributed by atoms with Crippen LogP contribution < -0.4 is 14.8 Å². The molecule has 0 aromatic heterocycles. The Morgan fingerprint density at radius 1 is 1.08 bits per heavy atom. The van der Waals surface area contributed by atoms with Gasteiger partial charge < -0.3 is 19.5 Å². The highest BCUT2D eigenvalue weighted by Gasteiger charge is 2.14. The van der Waals surface area contributed by atoms with Crippen molar-refractivity contribution >= 4 is 23.5 Å². The zero-order chi connectivity index (χ0) is 18.9. The van der Waals surface area contributed by atoms with Crippen LogP contribution in [0.2, 0.25) is 5.02 Å². The lowest BCUT2D eigenvalue weighted by Gasteiger charge is -2.12. The topological polar surface area (TPSA) is 73.9 Å². The molecule has 0 saturated heterocycles. The highest BCUT2D eigenvalue weighted by atomic mass is 35.5. The molecule has 0 heterocycles. The first-order chi connectivity index (χ1) is 12.5. The Hall–Kier alpha value is -2.73. The quantitative estimate of drug-likeness (QED) is 0.715. The summed E-state index contributed by atoms with van der Waals surface area (Å²) in [5, 5.41) is 3.21. The van der Waals surface area contributed by atoms with E-state index >= 15 is 0 Å². The van der Waals surface area contributed by atoms with Crippen LogP contribution in [0.25, 0.3) is 0 Å². The van der Waals surface area contributed by atoms with Crippen LogP contribution in [-0.2, 0) is 16.1 Å². The van der Waals surface area contributed by atoms with Gasteiger partial charge in [-0.1, -0.05) is 23.7 Å². The lowest BCUT2D eigenvalue weighted by molar-refractivity contribution is -0.124. The van der Waals surface area contributed by atoms with Gasteiger partial charge in [0.2, 0.25) is 0 Å². The van der Waals surface area contributed by atoms with E-state index in [4.69, 9.17) is 25.8 Å². The first-order valence-corrected chi connectivity index (χ1v) is 8.40. The first kappa shape index (κ1) is 19.6. The minimum atomic E-state index is -0.612. The zero-order valence-corrected chi connectivity index (χ0v) is 15.3. The second kappa shape index (κ2) is 9.68. The van der Waals surface area contributed by atoms with E-state index in [2.05, 4.69) is 5.32 Å². The fraction of sp³-hybridized carbons (Fsp3) is 0.263. The Kier molecular flexibility index (Phi) is 7.29. The Labute approximate surface area is 157 Å². The number of rotatable bonds is 8. The van der Waals surface area contributed by atoms with Crippen molar-refractivity contribution < 1.29 is 23.8 Å². The van der Waals surface area contributed by atoms with Gasteiger partial charge in [0.05, 0.1) is 12.7 Å². The van der Waals surface area contributed by atoms with Crippen molar-refractivity contribution in [3.63, 3.8) is 0 Å².